The third-order valence-electron chi connectivity index (χ3n) is 6.17. The van der Waals surface area contributed by atoms with Gasteiger partial charge in [0.05, 0.1) is 4.88 Å². The summed E-state index contributed by atoms with van der Waals surface area (Å²) < 4.78 is 26.9. The number of halogens is 1. The van der Waals surface area contributed by atoms with E-state index in [-0.39, 0.29) is 30.3 Å². The highest BCUT2D eigenvalue weighted by Gasteiger charge is 2.33. The lowest BCUT2D eigenvalue weighted by Crippen LogP contribution is -2.52. The van der Waals surface area contributed by atoms with E-state index in [0.29, 0.717) is 54.4 Å². The standard InChI is InChI=1S/C25H25FN2O4S/c26-19-8-4-10-21-22(19)18(16-32-17-6-2-1-3-7-17)23(33-21)25(30)28-13-11-27(12-14-28)24(29)20-9-5-15-31-20/h1-4,6-8,10,20H,5,9,11-16H2. The molecule has 6 nitrogen and oxygen atoms in total. The molecule has 2 aliphatic rings. The maximum absolute atomic E-state index is 14.7. The monoisotopic (exact) mass is 468 g/mol. The molecule has 8 heteroatoms. The lowest BCUT2D eigenvalue weighted by molar-refractivity contribution is -0.142. The predicted octanol–water partition coefficient (Wildman–Crippen LogP) is 4.08. The number of para-hydroxylation sites is 1. The SMILES string of the molecule is O=C(c1sc2cccc(F)c2c1COc1ccccc1)N1CCN(C(=O)C2CCCO2)CC1. The molecule has 0 aliphatic carbocycles. The van der Waals surface area contributed by atoms with Crippen LogP contribution in [0.1, 0.15) is 28.1 Å². The van der Waals surface area contributed by atoms with Gasteiger partial charge in [-0.2, -0.15) is 0 Å². The molecule has 1 atom stereocenters. The van der Waals surface area contributed by atoms with E-state index in [9.17, 15) is 14.0 Å². The fraction of sp³-hybridized carbons (Fsp3) is 0.360. The van der Waals surface area contributed by atoms with Crippen LogP contribution in [-0.4, -0.2) is 60.5 Å². The number of piperazine rings is 1. The molecule has 0 radical (unpaired) electrons. The highest BCUT2D eigenvalue weighted by molar-refractivity contribution is 7.21. The quantitative estimate of drug-likeness (QED) is 0.566. The number of carbonyl (C=O) groups excluding carboxylic acids is 2. The number of fused-ring (bicyclic) bond motifs is 1. The first kappa shape index (κ1) is 21.9. The second kappa shape index (κ2) is 9.49. The van der Waals surface area contributed by atoms with Gasteiger partial charge in [0.25, 0.3) is 11.8 Å². The number of hydrogen-bond acceptors (Lipinski definition) is 5. The van der Waals surface area contributed by atoms with Crippen molar-refractivity contribution in [1.82, 2.24) is 9.80 Å². The van der Waals surface area contributed by atoms with Gasteiger partial charge in [0, 0.05) is 48.4 Å². The van der Waals surface area contributed by atoms with E-state index in [1.165, 1.54) is 17.4 Å². The Morgan fingerprint density at radius 3 is 2.52 bits per heavy atom. The number of rotatable bonds is 5. The molecular weight excluding hydrogens is 443 g/mol. The van der Waals surface area contributed by atoms with Crippen molar-refractivity contribution < 1.29 is 23.5 Å². The molecule has 172 valence electrons. The minimum Gasteiger partial charge on any atom is -0.489 e. The zero-order valence-electron chi connectivity index (χ0n) is 18.2. The molecule has 2 aliphatic heterocycles. The van der Waals surface area contributed by atoms with Gasteiger partial charge in [0.1, 0.15) is 24.3 Å². The lowest BCUT2D eigenvalue weighted by atomic mass is 10.1. The summed E-state index contributed by atoms with van der Waals surface area (Å²) in [5.41, 5.74) is 0.569. The van der Waals surface area contributed by atoms with Crippen LogP contribution < -0.4 is 4.74 Å². The fourth-order valence-corrected chi connectivity index (χ4v) is 5.59. The first-order valence-electron chi connectivity index (χ1n) is 11.2. The van der Waals surface area contributed by atoms with Crippen molar-refractivity contribution in [3.8, 4) is 5.75 Å². The maximum atomic E-state index is 14.7. The molecule has 0 N–H and O–H groups in total. The molecule has 2 fully saturated rings. The van der Waals surface area contributed by atoms with Gasteiger partial charge in [-0.1, -0.05) is 24.3 Å². The van der Waals surface area contributed by atoms with Crippen LogP contribution in [0.25, 0.3) is 10.1 Å². The van der Waals surface area contributed by atoms with Crippen LogP contribution in [0.3, 0.4) is 0 Å². The molecule has 5 rings (SSSR count). The summed E-state index contributed by atoms with van der Waals surface area (Å²) >= 11 is 1.29. The van der Waals surface area contributed by atoms with Crippen molar-refractivity contribution in [3.63, 3.8) is 0 Å². The van der Waals surface area contributed by atoms with Crippen LogP contribution >= 0.6 is 11.3 Å². The maximum Gasteiger partial charge on any atom is 0.264 e. The van der Waals surface area contributed by atoms with Crippen molar-refractivity contribution in [2.45, 2.75) is 25.6 Å². The first-order valence-corrected chi connectivity index (χ1v) is 12.0. The Kier molecular flexibility index (Phi) is 6.28. The number of thiophene rings is 1. The van der Waals surface area contributed by atoms with E-state index in [1.54, 1.807) is 15.9 Å². The van der Waals surface area contributed by atoms with Crippen molar-refractivity contribution in [2.24, 2.45) is 0 Å². The van der Waals surface area contributed by atoms with Gasteiger partial charge in [0.2, 0.25) is 0 Å². The van der Waals surface area contributed by atoms with Crippen molar-refractivity contribution in [3.05, 3.63) is 64.8 Å². The van der Waals surface area contributed by atoms with E-state index >= 15 is 0 Å². The minimum absolute atomic E-state index is 0.0143. The molecule has 0 saturated carbocycles. The third-order valence-corrected chi connectivity index (χ3v) is 7.35. The zero-order valence-corrected chi connectivity index (χ0v) is 19.0. The van der Waals surface area contributed by atoms with Crippen molar-refractivity contribution >= 4 is 33.2 Å². The van der Waals surface area contributed by atoms with Crippen LogP contribution in [0.4, 0.5) is 4.39 Å². The summed E-state index contributed by atoms with van der Waals surface area (Å²) in [6.07, 6.45) is 1.32. The van der Waals surface area contributed by atoms with Gasteiger partial charge in [-0.05, 0) is 37.1 Å². The van der Waals surface area contributed by atoms with Crippen LogP contribution in [0.15, 0.2) is 48.5 Å². The van der Waals surface area contributed by atoms with Crippen LogP contribution in [-0.2, 0) is 16.1 Å². The molecule has 2 saturated heterocycles. The zero-order chi connectivity index (χ0) is 22.8. The Hall–Kier alpha value is -2.97. The van der Waals surface area contributed by atoms with Crippen molar-refractivity contribution in [1.29, 1.82) is 0 Å². The molecule has 0 spiro atoms. The van der Waals surface area contributed by atoms with Gasteiger partial charge in [-0.25, -0.2) is 4.39 Å². The Morgan fingerprint density at radius 2 is 1.79 bits per heavy atom. The normalized spacial score (nSPS) is 18.6. The lowest BCUT2D eigenvalue weighted by Gasteiger charge is -2.35. The highest BCUT2D eigenvalue weighted by Crippen LogP contribution is 2.35. The molecule has 2 aromatic carbocycles. The number of carbonyl (C=O) groups is 2. The Labute approximate surface area is 195 Å². The minimum atomic E-state index is -0.360. The Balaban J connectivity index is 1.35. The summed E-state index contributed by atoms with van der Waals surface area (Å²) in [6.45, 7) is 2.55. The number of benzene rings is 2. The Bertz CT molecular complexity index is 1150. The smallest absolute Gasteiger partial charge is 0.264 e. The molecule has 2 amide bonds. The van der Waals surface area contributed by atoms with Crippen molar-refractivity contribution in [2.75, 3.05) is 32.8 Å². The molecule has 3 heterocycles. The van der Waals surface area contributed by atoms with E-state index in [0.717, 1.165) is 17.5 Å². The van der Waals surface area contributed by atoms with Gasteiger partial charge < -0.3 is 19.3 Å². The van der Waals surface area contributed by atoms with Gasteiger partial charge >= 0.3 is 0 Å². The molecule has 1 unspecified atom stereocenters. The molecule has 3 aromatic rings. The predicted molar refractivity (Wildman–Crippen MR) is 124 cm³/mol. The first-order chi connectivity index (χ1) is 16.1. The molecule has 1 aromatic heterocycles. The van der Waals surface area contributed by atoms with Gasteiger partial charge in [-0.3, -0.25) is 9.59 Å². The summed E-state index contributed by atoms with van der Waals surface area (Å²) in [5, 5.41) is 0.439. The summed E-state index contributed by atoms with van der Waals surface area (Å²) in [5.74, 6) is 0.168. The van der Waals surface area contributed by atoms with Gasteiger partial charge in [-0.15, -0.1) is 11.3 Å². The van der Waals surface area contributed by atoms with E-state index in [1.807, 2.05) is 36.4 Å². The number of hydrogen-bond donors (Lipinski definition) is 0. The van der Waals surface area contributed by atoms with Crippen LogP contribution in [0.5, 0.6) is 5.75 Å². The van der Waals surface area contributed by atoms with Crippen LogP contribution in [0, 0.1) is 5.82 Å². The topological polar surface area (TPSA) is 59.1 Å². The average molecular weight is 469 g/mol. The molecular formula is C25H25FN2O4S. The molecule has 33 heavy (non-hydrogen) atoms. The van der Waals surface area contributed by atoms with E-state index in [2.05, 4.69) is 0 Å². The number of nitrogens with zero attached hydrogens (tertiary/aromatic N) is 2. The average Bonchev–Trinajstić information content (AvgIpc) is 3.52. The summed E-state index contributed by atoms with van der Waals surface area (Å²) in [6, 6.07) is 14.2. The third kappa shape index (κ3) is 4.45. The number of ether oxygens (including phenoxy) is 2. The Morgan fingerprint density at radius 1 is 1.03 bits per heavy atom. The number of amides is 2. The second-order valence-corrected chi connectivity index (χ2v) is 9.30. The fourth-order valence-electron chi connectivity index (χ4n) is 4.40. The van der Waals surface area contributed by atoms with Gasteiger partial charge in [0.15, 0.2) is 0 Å². The highest BCUT2D eigenvalue weighted by atomic mass is 32.1. The largest absolute Gasteiger partial charge is 0.489 e. The van der Waals surface area contributed by atoms with E-state index < -0.39 is 0 Å². The summed E-state index contributed by atoms with van der Waals surface area (Å²) in [4.78, 5) is 30.1. The van der Waals surface area contributed by atoms with Crippen LogP contribution in [0.2, 0.25) is 0 Å². The second-order valence-electron chi connectivity index (χ2n) is 8.24. The molecule has 0 bridgehead atoms. The summed E-state index contributed by atoms with van der Waals surface area (Å²) in [7, 11) is 0. The van der Waals surface area contributed by atoms with E-state index in [4.69, 9.17) is 9.47 Å².